The van der Waals surface area contributed by atoms with Gasteiger partial charge >= 0.3 is 23.9 Å². The van der Waals surface area contributed by atoms with Crippen LogP contribution in [0.2, 0.25) is 0 Å². The summed E-state index contributed by atoms with van der Waals surface area (Å²) in [5.74, 6) is -3.81. The van der Waals surface area contributed by atoms with Crippen molar-refractivity contribution in [2.45, 2.75) is 88.7 Å². The Morgan fingerprint density at radius 2 is 1.37 bits per heavy atom. The lowest BCUT2D eigenvalue weighted by Gasteiger charge is -2.65. The lowest BCUT2D eigenvalue weighted by molar-refractivity contribution is -0.342. The molecule has 2 aromatic heterocycles. The van der Waals surface area contributed by atoms with E-state index >= 15 is 0 Å². The van der Waals surface area contributed by atoms with Gasteiger partial charge in [0.25, 0.3) is 0 Å². The van der Waals surface area contributed by atoms with Crippen molar-refractivity contribution in [3.63, 3.8) is 0 Å². The van der Waals surface area contributed by atoms with Crippen molar-refractivity contribution < 1.29 is 56.8 Å². The summed E-state index contributed by atoms with van der Waals surface area (Å²) < 4.78 is 41.7. The van der Waals surface area contributed by atoms with Gasteiger partial charge in [-0.05, 0) is 70.5 Å². The third kappa shape index (κ3) is 4.82. The van der Waals surface area contributed by atoms with Gasteiger partial charge in [-0.2, -0.15) is 0 Å². The zero-order chi connectivity index (χ0) is 33.1. The first-order valence-electron chi connectivity index (χ1n) is 15.1. The number of carbonyl (C=O) groups excluding carboxylic acids is 4. The number of fused-ring (bicyclic) bond motifs is 1. The van der Waals surface area contributed by atoms with Gasteiger partial charge in [0.05, 0.1) is 34.7 Å². The van der Waals surface area contributed by atoms with Crippen LogP contribution in [0.1, 0.15) is 78.9 Å². The van der Waals surface area contributed by atoms with Gasteiger partial charge < -0.3 is 37.6 Å². The number of benzene rings is 1. The van der Waals surface area contributed by atoms with Crippen molar-refractivity contribution in [3.05, 3.63) is 84.2 Å². The maximum atomic E-state index is 13.4. The van der Waals surface area contributed by atoms with Crippen LogP contribution in [0.5, 0.6) is 0 Å². The molecule has 46 heavy (non-hydrogen) atoms. The summed E-state index contributed by atoms with van der Waals surface area (Å²) in [6.07, 6.45) is -2.42. The van der Waals surface area contributed by atoms with Crippen LogP contribution in [-0.4, -0.2) is 70.2 Å². The Balaban J connectivity index is 1.51. The fourth-order valence-corrected chi connectivity index (χ4v) is 7.91. The highest BCUT2D eigenvalue weighted by Crippen LogP contribution is 2.69. The largest absolute Gasteiger partial charge is 0.458 e. The average molecular weight is 637 g/mol. The highest BCUT2D eigenvalue weighted by molar-refractivity contribution is 5.89. The van der Waals surface area contributed by atoms with E-state index in [4.69, 9.17) is 32.5 Å². The maximum absolute atomic E-state index is 13.4. The van der Waals surface area contributed by atoms with Gasteiger partial charge in [-0.3, -0.25) is 4.79 Å². The van der Waals surface area contributed by atoms with Crippen molar-refractivity contribution in [3.8, 4) is 0 Å². The topological polar surface area (TPSA) is 161 Å². The number of aliphatic hydroxyl groups is 1. The molecule has 12 heteroatoms. The Bertz CT molecular complexity index is 1610. The molecule has 0 radical (unpaired) electrons. The van der Waals surface area contributed by atoms with Gasteiger partial charge in [-0.25, -0.2) is 14.4 Å². The molecule has 1 aromatic carbocycles. The number of ether oxygens (including phenoxy) is 5. The first kappa shape index (κ1) is 31.6. The van der Waals surface area contributed by atoms with Crippen molar-refractivity contribution in [2.24, 2.45) is 11.3 Å². The van der Waals surface area contributed by atoms with Gasteiger partial charge in [0, 0.05) is 19.3 Å². The van der Waals surface area contributed by atoms with E-state index in [-0.39, 0.29) is 29.9 Å². The summed E-state index contributed by atoms with van der Waals surface area (Å²) in [4.78, 5) is 53.0. The third-order valence-corrected chi connectivity index (χ3v) is 9.84. The van der Waals surface area contributed by atoms with E-state index in [2.05, 4.69) is 0 Å². The lowest BCUT2D eigenvalue weighted by atomic mass is 9.47. The minimum absolute atomic E-state index is 0.0565. The molecule has 3 heterocycles. The predicted molar refractivity (Wildman–Crippen MR) is 156 cm³/mol. The second-order valence-corrected chi connectivity index (χ2v) is 13.1. The average Bonchev–Trinajstić information content (AvgIpc) is 3.76. The number of esters is 4. The summed E-state index contributed by atoms with van der Waals surface area (Å²) in [5.41, 5.74) is -6.28. The molecule has 3 aliphatic rings. The number of rotatable bonds is 7. The van der Waals surface area contributed by atoms with E-state index in [1.807, 2.05) is 0 Å². The Kier molecular flexibility index (Phi) is 7.63. The number of hydrogen-bond acceptors (Lipinski definition) is 12. The van der Waals surface area contributed by atoms with Gasteiger partial charge in [0.1, 0.15) is 23.9 Å². The van der Waals surface area contributed by atoms with E-state index in [0.29, 0.717) is 0 Å². The highest BCUT2D eigenvalue weighted by atomic mass is 16.6. The zero-order valence-corrected chi connectivity index (χ0v) is 26.1. The normalized spacial score (nSPS) is 34.2. The molecule has 2 bridgehead atoms. The Labute approximate surface area is 264 Å². The molecule has 12 nitrogen and oxygen atoms in total. The van der Waals surface area contributed by atoms with Crippen LogP contribution in [-0.2, 0) is 28.5 Å². The van der Waals surface area contributed by atoms with Crippen molar-refractivity contribution >= 4 is 23.9 Å². The molecule has 1 spiro atoms. The summed E-state index contributed by atoms with van der Waals surface area (Å²) >= 11 is 0. The van der Waals surface area contributed by atoms with E-state index in [0.717, 1.165) is 0 Å². The fourth-order valence-electron chi connectivity index (χ4n) is 7.91. The van der Waals surface area contributed by atoms with E-state index in [1.165, 1.54) is 50.6 Å². The molecule has 1 aliphatic heterocycles. The van der Waals surface area contributed by atoms with Crippen molar-refractivity contribution in [2.75, 3.05) is 0 Å². The number of furan rings is 2. The molecular formula is C34H36O12. The van der Waals surface area contributed by atoms with Crippen LogP contribution in [0.25, 0.3) is 0 Å². The molecule has 3 fully saturated rings. The molecule has 8 atom stereocenters. The van der Waals surface area contributed by atoms with Crippen LogP contribution in [0.4, 0.5) is 0 Å². The minimum atomic E-state index is -1.92. The molecule has 2 aliphatic carbocycles. The first-order chi connectivity index (χ1) is 21.7. The second-order valence-electron chi connectivity index (χ2n) is 13.1. The molecule has 1 N–H and O–H groups in total. The third-order valence-electron chi connectivity index (χ3n) is 9.84. The summed E-state index contributed by atoms with van der Waals surface area (Å²) in [5, 5.41) is 12.6. The smallest absolute Gasteiger partial charge is 0.374 e. The van der Waals surface area contributed by atoms with Crippen molar-refractivity contribution in [1.29, 1.82) is 0 Å². The first-order valence-corrected chi connectivity index (χ1v) is 15.1. The second kappa shape index (κ2) is 11.1. The van der Waals surface area contributed by atoms with Gasteiger partial charge in [0.15, 0.2) is 6.10 Å². The molecule has 0 unspecified atom stereocenters. The molecule has 1 saturated heterocycles. The Morgan fingerprint density at radius 1 is 0.761 bits per heavy atom. The summed E-state index contributed by atoms with van der Waals surface area (Å²) in [6, 6.07) is 14.2. The fraction of sp³-hybridized carbons (Fsp3) is 0.471. The molecule has 2 saturated carbocycles. The molecule has 244 valence electrons. The quantitative estimate of drug-likeness (QED) is 0.286. The van der Waals surface area contributed by atoms with Crippen LogP contribution in [0.15, 0.2) is 76.0 Å². The zero-order valence-electron chi connectivity index (χ0n) is 26.1. The van der Waals surface area contributed by atoms with Gasteiger partial charge in [-0.15, -0.1) is 0 Å². The van der Waals surface area contributed by atoms with Crippen molar-refractivity contribution in [1.82, 2.24) is 0 Å². The van der Waals surface area contributed by atoms with Crippen LogP contribution < -0.4 is 0 Å². The standard InChI is InChI=1S/C34H36O12/c1-19(35)42-27-24(43-28(36)20-11-7-6-8-12-20)18-32(4,39)34-26(45-30(38)23-14-10-16-41-23)21(31(2,3)46-34)17-25(33(27,34)5)44-29(37)22-13-9-15-40-22/h6-16,21,24-27,39H,17-18H2,1-5H3/t21-,24+,25+,26+,27+,32+,33-,34+/m1/s1. The van der Waals surface area contributed by atoms with E-state index < -0.39 is 76.4 Å². The van der Waals surface area contributed by atoms with Crippen LogP contribution in [0, 0.1) is 11.3 Å². The maximum Gasteiger partial charge on any atom is 0.374 e. The van der Waals surface area contributed by atoms with E-state index in [9.17, 15) is 24.3 Å². The van der Waals surface area contributed by atoms with Gasteiger partial charge in [-0.1, -0.05) is 18.2 Å². The molecular weight excluding hydrogens is 600 g/mol. The Hall–Kier alpha value is -4.42. The molecule has 6 rings (SSSR count). The number of carbonyl (C=O) groups is 4. The monoisotopic (exact) mass is 636 g/mol. The van der Waals surface area contributed by atoms with Crippen LogP contribution >= 0.6 is 0 Å². The summed E-state index contributed by atoms with van der Waals surface area (Å²) in [6.45, 7) is 7.89. The van der Waals surface area contributed by atoms with E-state index in [1.54, 1.807) is 51.1 Å². The highest BCUT2D eigenvalue weighted by Gasteiger charge is 2.84. The van der Waals surface area contributed by atoms with Crippen LogP contribution in [0.3, 0.4) is 0 Å². The minimum Gasteiger partial charge on any atom is -0.458 e. The predicted octanol–water partition coefficient (Wildman–Crippen LogP) is 4.51. The Morgan fingerprint density at radius 3 is 1.93 bits per heavy atom. The molecule has 0 amide bonds. The summed E-state index contributed by atoms with van der Waals surface area (Å²) in [7, 11) is 0. The number of hydrogen-bond donors (Lipinski definition) is 1. The lowest BCUT2D eigenvalue weighted by Crippen LogP contribution is -2.81. The van der Waals surface area contributed by atoms with Gasteiger partial charge in [0.2, 0.25) is 11.5 Å². The SMILES string of the molecule is CC(=O)O[C@H]1[C@@H](OC(=O)c2ccccc2)C[C@](C)(O)[C@]23OC(C)(C)[C@H](C[C@H](OC(=O)c4ccco4)[C@]12C)[C@@H]3OC(=O)c1ccco1. The molecule has 3 aromatic rings.